The summed E-state index contributed by atoms with van der Waals surface area (Å²) in [5.74, 6) is 0.589. The molecule has 1 N–H and O–H groups in total. The van der Waals surface area contributed by atoms with Crippen LogP contribution in [0.25, 0.3) is 11.1 Å². The Morgan fingerprint density at radius 1 is 1.12 bits per heavy atom. The lowest BCUT2D eigenvalue weighted by Gasteiger charge is -2.05. The number of ether oxygens (including phenoxy) is 1. The van der Waals surface area contributed by atoms with Gasteiger partial charge < -0.3 is 9.26 Å². The molecule has 7 heteroatoms. The van der Waals surface area contributed by atoms with Gasteiger partial charge in [0.15, 0.2) is 5.78 Å². The number of anilines is 1. The lowest BCUT2D eigenvalue weighted by atomic mass is 10.1. The molecule has 0 spiro atoms. The van der Waals surface area contributed by atoms with E-state index in [1.54, 1.807) is 26.2 Å². The van der Waals surface area contributed by atoms with Crippen LogP contribution in [-0.2, 0) is 0 Å². The van der Waals surface area contributed by atoms with Gasteiger partial charge >= 0.3 is 0 Å². The molecular formula is C18H16N2O4S. The number of nitrogens with zero attached hydrogens (tertiary/aromatic N) is 1. The average molecular weight is 356 g/mol. The van der Waals surface area contributed by atoms with Crippen LogP contribution >= 0.6 is 11.3 Å². The SMILES string of the molecule is COc1ccc(-c2c(C)noc2NC(=O)c2ccc(C(C)=O)s2)cc1. The molecule has 0 aliphatic heterocycles. The third kappa shape index (κ3) is 3.46. The van der Waals surface area contributed by atoms with Crippen molar-refractivity contribution >= 4 is 28.9 Å². The summed E-state index contributed by atoms with van der Waals surface area (Å²) in [6, 6.07) is 10.6. The van der Waals surface area contributed by atoms with Crippen LogP contribution in [-0.4, -0.2) is 24.0 Å². The van der Waals surface area contributed by atoms with Crippen molar-refractivity contribution in [2.24, 2.45) is 0 Å². The van der Waals surface area contributed by atoms with Crippen molar-refractivity contribution < 1.29 is 18.8 Å². The quantitative estimate of drug-likeness (QED) is 0.694. The number of amides is 1. The molecule has 1 amide bonds. The summed E-state index contributed by atoms with van der Waals surface area (Å²) in [5.41, 5.74) is 2.22. The van der Waals surface area contributed by atoms with E-state index < -0.39 is 0 Å². The second-order valence-corrected chi connectivity index (χ2v) is 6.46. The van der Waals surface area contributed by atoms with Gasteiger partial charge in [0.25, 0.3) is 5.91 Å². The number of rotatable bonds is 5. The fourth-order valence-corrected chi connectivity index (χ4v) is 3.16. The Morgan fingerprint density at radius 3 is 2.40 bits per heavy atom. The van der Waals surface area contributed by atoms with Crippen LogP contribution in [0.1, 0.15) is 32.0 Å². The van der Waals surface area contributed by atoms with Crippen LogP contribution in [0.15, 0.2) is 40.9 Å². The summed E-state index contributed by atoms with van der Waals surface area (Å²) >= 11 is 1.14. The van der Waals surface area contributed by atoms with Crippen molar-refractivity contribution in [1.29, 1.82) is 0 Å². The predicted molar refractivity (Wildman–Crippen MR) is 95.5 cm³/mol. The number of carbonyl (C=O) groups is 2. The Morgan fingerprint density at radius 2 is 1.80 bits per heavy atom. The van der Waals surface area contributed by atoms with E-state index in [0.717, 1.165) is 22.6 Å². The average Bonchev–Trinajstić information content (AvgIpc) is 3.23. The Kier molecular flexibility index (Phi) is 4.67. The molecule has 3 rings (SSSR count). The molecule has 0 atom stereocenters. The number of aromatic nitrogens is 1. The molecular weight excluding hydrogens is 340 g/mol. The lowest BCUT2D eigenvalue weighted by molar-refractivity contribution is 0.101. The van der Waals surface area contributed by atoms with Gasteiger partial charge in [-0.25, -0.2) is 0 Å². The Hall–Kier alpha value is -2.93. The summed E-state index contributed by atoms with van der Waals surface area (Å²) < 4.78 is 10.4. The van der Waals surface area contributed by atoms with E-state index >= 15 is 0 Å². The number of hydrogen-bond donors (Lipinski definition) is 1. The van der Waals surface area contributed by atoms with Crippen LogP contribution in [0, 0.1) is 6.92 Å². The third-order valence-corrected chi connectivity index (χ3v) is 4.83. The monoisotopic (exact) mass is 356 g/mol. The van der Waals surface area contributed by atoms with Gasteiger partial charge in [0.1, 0.15) is 5.75 Å². The molecule has 128 valence electrons. The number of aryl methyl sites for hydroxylation is 1. The van der Waals surface area contributed by atoms with Gasteiger partial charge in [-0.05, 0) is 43.7 Å². The summed E-state index contributed by atoms with van der Waals surface area (Å²) in [6.45, 7) is 3.27. The van der Waals surface area contributed by atoms with E-state index in [0.29, 0.717) is 21.0 Å². The molecule has 1 aromatic carbocycles. The zero-order valence-corrected chi connectivity index (χ0v) is 14.8. The van der Waals surface area contributed by atoms with Gasteiger partial charge in [-0.3, -0.25) is 14.9 Å². The number of methoxy groups -OCH3 is 1. The van der Waals surface area contributed by atoms with Crippen molar-refractivity contribution in [1.82, 2.24) is 5.16 Å². The molecule has 0 saturated heterocycles. The van der Waals surface area contributed by atoms with Crippen molar-refractivity contribution in [2.75, 3.05) is 12.4 Å². The van der Waals surface area contributed by atoms with Gasteiger partial charge in [-0.15, -0.1) is 11.3 Å². The number of nitrogens with one attached hydrogen (secondary N) is 1. The summed E-state index contributed by atoms with van der Waals surface area (Å²) in [6.07, 6.45) is 0. The van der Waals surface area contributed by atoms with Gasteiger partial charge in [0.05, 0.1) is 28.1 Å². The van der Waals surface area contributed by atoms with Gasteiger partial charge in [-0.2, -0.15) is 0 Å². The Bertz CT molecular complexity index is 925. The molecule has 2 aromatic heterocycles. The maximum atomic E-state index is 12.4. The Labute approximate surface area is 148 Å². The van der Waals surface area contributed by atoms with Crippen molar-refractivity contribution in [3.8, 4) is 16.9 Å². The molecule has 0 aliphatic carbocycles. The van der Waals surface area contributed by atoms with Crippen LogP contribution in [0.3, 0.4) is 0 Å². The lowest BCUT2D eigenvalue weighted by Crippen LogP contribution is -2.10. The highest BCUT2D eigenvalue weighted by Gasteiger charge is 2.19. The highest BCUT2D eigenvalue weighted by molar-refractivity contribution is 7.16. The first kappa shape index (κ1) is 16.9. The van der Waals surface area contributed by atoms with E-state index in [9.17, 15) is 9.59 Å². The molecule has 6 nitrogen and oxygen atoms in total. The second kappa shape index (κ2) is 6.90. The second-order valence-electron chi connectivity index (χ2n) is 5.37. The minimum atomic E-state index is -0.344. The Balaban J connectivity index is 1.87. The highest BCUT2D eigenvalue weighted by atomic mass is 32.1. The first-order valence-corrected chi connectivity index (χ1v) is 8.34. The molecule has 0 saturated carbocycles. The van der Waals surface area contributed by atoms with Gasteiger partial charge in [0, 0.05) is 0 Å². The number of benzene rings is 1. The first-order chi connectivity index (χ1) is 12.0. The summed E-state index contributed by atoms with van der Waals surface area (Å²) in [5, 5.41) is 6.67. The number of carbonyl (C=O) groups excluding carboxylic acids is 2. The van der Waals surface area contributed by atoms with Crippen LogP contribution < -0.4 is 10.1 Å². The van der Waals surface area contributed by atoms with Gasteiger partial charge in [-0.1, -0.05) is 17.3 Å². The fraction of sp³-hybridized carbons (Fsp3) is 0.167. The van der Waals surface area contributed by atoms with E-state index in [1.165, 1.54) is 6.92 Å². The molecule has 25 heavy (non-hydrogen) atoms. The third-order valence-electron chi connectivity index (χ3n) is 3.65. The fourth-order valence-electron chi connectivity index (χ4n) is 2.37. The molecule has 0 bridgehead atoms. The first-order valence-electron chi connectivity index (χ1n) is 7.52. The minimum Gasteiger partial charge on any atom is -0.497 e. The number of Topliss-reactive ketones (excluding diaryl/α,β-unsaturated/α-hetero) is 1. The predicted octanol–water partition coefficient (Wildman–Crippen LogP) is 4.18. The van der Waals surface area contributed by atoms with E-state index in [4.69, 9.17) is 9.26 Å². The zero-order valence-electron chi connectivity index (χ0n) is 14.0. The van der Waals surface area contributed by atoms with Crippen LogP contribution in [0.5, 0.6) is 5.75 Å². The van der Waals surface area contributed by atoms with E-state index in [1.807, 2.05) is 24.3 Å². The molecule has 3 aromatic rings. The van der Waals surface area contributed by atoms with E-state index in [-0.39, 0.29) is 17.6 Å². The smallest absolute Gasteiger partial charge is 0.268 e. The zero-order chi connectivity index (χ0) is 18.0. The van der Waals surface area contributed by atoms with Crippen molar-refractivity contribution in [3.05, 3.63) is 51.8 Å². The number of hydrogen-bond acceptors (Lipinski definition) is 6. The molecule has 0 fully saturated rings. The number of ketones is 1. The topological polar surface area (TPSA) is 81.4 Å². The highest BCUT2D eigenvalue weighted by Crippen LogP contribution is 2.33. The van der Waals surface area contributed by atoms with Crippen LogP contribution in [0.2, 0.25) is 0 Å². The molecule has 0 unspecified atom stereocenters. The molecule has 0 radical (unpaired) electrons. The largest absolute Gasteiger partial charge is 0.497 e. The maximum absolute atomic E-state index is 12.4. The standard InChI is InChI=1S/C18H16N2O4S/c1-10-16(12-4-6-13(23-3)7-5-12)18(24-20-10)19-17(22)15-9-8-14(25-15)11(2)21/h4-9H,1-3H3,(H,19,22). The van der Waals surface area contributed by atoms with Crippen LogP contribution in [0.4, 0.5) is 5.88 Å². The van der Waals surface area contributed by atoms with E-state index in [2.05, 4.69) is 10.5 Å². The van der Waals surface area contributed by atoms with Gasteiger partial charge in [0.2, 0.25) is 5.88 Å². The minimum absolute atomic E-state index is 0.0709. The molecule has 0 aliphatic rings. The number of thiophene rings is 1. The van der Waals surface area contributed by atoms with Crippen molar-refractivity contribution in [2.45, 2.75) is 13.8 Å². The normalized spacial score (nSPS) is 10.5. The summed E-state index contributed by atoms with van der Waals surface area (Å²) in [7, 11) is 1.60. The molecule has 2 heterocycles. The maximum Gasteiger partial charge on any atom is 0.268 e. The summed E-state index contributed by atoms with van der Waals surface area (Å²) in [4.78, 5) is 24.8. The van der Waals surface area contributed by atoms with Crippen molar-refractivity contribution in [3.63, 3.8) is 0 Å².